The van der Waals surface area contributed by atoms with Crippen molar-refractivity contribution in [3.63, 3.8) is 0 Å². The molecule has 1 rings (SSSR count). The summed E-state index contributed by atoms with van der Waals surface area (Å²) in [5, 5.41) is 0.0507. The maximum atomic E-state index is 11.3. The van der Waals surface area contributed by atoms with Crippen molar-refractivity contribution >= 4 is 12.9 Å². The number of aryl methyl sites for hydroxylation is 1. The minimum atomic E-state index is -4.19. The van der Waals surface area contributed by atoms with Gasteiger partial charge in [-0.2, -0.15) is 0 Å². The third-order valence-corrected chi connectivity index (χ3v) is 6.70. The molecule has 30 heavy (non-hydrogen) atoms. The van der Waals surface area contributed by atoms with Gasteiger partial charge >= 0.3 is 7.60 Å². The molecular formula is C25H45O4P. The predicted molar refractivity (Wildman–Crippen MR) is 128 cm³/mol. The molecule has 0 aromatic heterocycles. The maximum Gasteiger partial charge on any atom is 0.356 e. The monoisotopic (exact) mass is 440 g/mol. The van der Waals surface area contributed by atoms with Crippen LogP contribution < -0.4 is 10.0 Å². The summed E-state index contributed by atoms with van der Waals surface area (Å²) in [7, 11) is -4.19. The van der Waals surface area contributed by atoms with Crippen LogP contribution in [0.4, 0.5) is 0 Å². The molecule has 4 nitrogen and oxygen atoms in total. The first-order valence-corrected chi connectivity index (χ1v) is 13.9. The van der Waals surface area contributed by atoms with Crippen molar-refractivity contribution in [3.8, 4) is 5.75 Å². The van der Waals surface area contributed by atoms with E-state index in [2.05, 4.69) is 6.92 Å². The molecule has 1 aromatic rings. The molecule has 0 aliphatic rings. The number of rotatable bonds is 19. The van der Waals surface area contributed by atoms with Crippen molar-refractivity contribution in [1.29, 1.82) is 0 Å². The predicted octanol–water partition coefficient (Wildman–Crippen LogP) is 7.44. The third kappa shape index (κ3) is 13.5. The number of hydrogen-bond acceptors (Lipinski definition) is 2. The van der Waals surface area contributed by atoms with Gasteiger partial charge in [-0.1, -0.05) is 103 Å². The molecule has 0 saturated carbocycles. The van der Waals surface area contributed by atoms with E-state index in [-0.39, 0.29) is 5.30 Å². The molecule has 0 saturated heterocycles. The molecule has 0 amide bonds. The van der Waals surface area contributed by atoms with Gasteiger partial charge in [-0.05, 0) is 37.1 Å². The van der Waals surface area contributed by atoms with Crippen LogP contribution >= 0.6 is 7.60 Å². The quantitative estimate of drug-likeness (QED) is 0.173. The summed E-state index contributed by atoms with van der Waals surface area (Å²) in [6.45, 7) is 4.76. The van der Waals surface area contributed by atoms with Gasteiger partial charge in [0, 0.05) is 0 Å². The van der Waals surface area contributed by atoms with Crippen molar-refractivity contribution < 1.29 is 19.1 Å². The molecule has 0 aliphatic carbocycles. The highest BCUT2D eigenvalue weighted by atomic mass is 31.2. The molecule has 5 heteroatoms. The minimum absolute atomic E-state index is 0.0507. The Morgan fingerprint density at radius 1 is 0.733 bits per heavy atom. The van der Waals surface area contributed by atoms with Crippen molar-refractivity contribution in [2.45, 2.75) is 117 Å². The molecule has 0 radical (unpaired) electrons. The van der Waals surface area contributed by atoms with E-state index < -0.39 is 7.60 Å². The van der Waals surface area contributed by atoms with Gasteiger partial charge in [-0.3, -0.25) is 4.57 Å². The fraction of sp³-hybridized carbons (Fsp3) is 0.760. The van der Waals surface area contributed by atoms with Crippen molar-refractivity contribution in [1.82, 2.24) is 0 Å². The van der Waals surface area contributed by atoms with Gasteiger partial charge in [0.25, 0.3) is 0 Å². The Balaban J connectivity index is 1.90. The molecule has 0 atom stereocenters. The average molecular weight is 441 g/mol. The summed E-state index contributed by atoms with van der Waals surface area (Å²) in [5.74, 6) is 0.716. The summed E-state index contributed by atoms with van der Waals surface area (Å²) in [6.07, 6.45) is 21.6. The van der Waals surface area contributed by atoms with Crippen molar-refractivity contribution in [2.75, 3.05) is 6.61 Å². The molecule has 0 heterocycles. The summed E-state index contributed by atoms with van der Waals surface area (Å²) in [4.78, 5) is 18.4. The number of unbranched alkanes of at least 4 members (excludes halogenated alkanes) is 15. The lowest BCUT2D eigenvalue weighted by Crippen LogP contribution is -2.06. The van der Waals surface area contributed by atoms with E-state index in [4.69, 9.17) is 4.74 Å². The van der Waals surface area contributed by atoms with E-state index in [1.807, 2.05) is 6.92 Å². The van der Waals surface area contributed by atoms with Crippen LogP contribution in [0, 0.1) is 6.92 Å². The first-order chi connectivity index (χ1) is 14.4. The van der Waals surface area contributed by atoms with Gasteiger partial charge in [0.15, 0.2) is 0 Å². The second-order valence-electron chi connectivity index (χ2n) is 8.65. The summed E-state index contributed by atoms with van der Waals surface area (Å²) in [5.41, 5.74) is 0.771. The van der Waals surface area contributed by atoms with Crippen LogP contribution in [0.15, 0.2) is 18.2 Å². The van der Waals surface area contributed by atoms with E-state index in [0.29, 0.717) is 12.4 Å². The first kappa shape index (κ1) is 27.2. The van der Waals surface area contributed by atoms with Gasteiger partial charge in [0.2, 0.25) is 0 Å². The lowest BCUT2D eigenvalue weighted by atomic mass is 10.0. The van der Waals surface area contributed by atoms with E-state index in [0.717, 1.165) is 12.0 Å². The van der Waals surface area contributed by atoms with Crippen LogP contribution in [0.3, 0.4) is 0 Å². The highest BCUT2D eigenvalue weighted by Gasteiger charge is 2.17. The zero-order valence-electron chi connectivity index (χ0n) is 19.4. The smallest absolute Gasteiger partial charge is 0.356 e. The second kappa shape index (κ2) is 16.8. The number of hydrogen-bond donors (Lipinski definition) is 2. The van der Waals surface area contributed by atoms with Crippen molar-refractivity contribution in [2.24, 2.45) is 0 Å². The molecule has 0 aliphatic heterocycles. The van der Waals surface area contributed by atoms with E-state index in [1.165, 1.54) is 108 Å². The Bertz CT molecular complexity index is 597. The highest BCUT2D eigenvalue weighted by molar-refractivity contribution is 7.60. The Kier molecular flexibility index (Phi) is 15.2. The van der Waals surface area contributed by atoms with Gasteiger partial charge in [0.05, 0.1) is 11.9 Å². The number of ether oxygens (including phenoxy) is 1. The summed E-state index contributed by atoms with van der Waals surface area (Å²) >= 11 is 0. The van der Waals surface area contributed by atoms with E-state index >= 15 is 0 Å². The molecule has 2 N–H and O–H groups in total. The topological polar surface area (TPSA) is 66.8 Å². The summed E-state index contributed by atoms with van der Waals surface area (Å²) < 4.78 is 17.0. The highest BCUT2D eigenvalue weighted by Crippen LogP contribution is 2.34. The Labute approximate surface area is 185 Å². The summed E-state index contributed by atoms with van der Waals surface area (Å²) in [6, 6.07) is 4.64. The Morgan fingerprint density at radius 2 is 1.17 bits per heavy atom. The van der Waals surface area contributed by atoms with Crippen molar-refractivity contribution in [3.05, 3.63) is 23.8 Å². The SMILES string of the molecule is CCCCCCCCCCCCCCCCCCOc1ccc(P(=O)(O)O)cc1C. The largest absolute Gasteiger partial charge is 0.493 e. The van der Waals surface area contributed by atoms with E-state index in [9.17, 15) is 14.4 Å². The molecular weight excluding hydrogens is 395 g/mol. The zero-order valence-corrected chi connectivity index (χ0v) is 20.3. The lowest BCUT2D eigenvalue weighted by Gasteiger charge is -2.11. The van der Waals surface area contributed by atoms with Gasteiger partial charge in [-0.15, -0.1) is 0 Å². The Hall–Kier alpha value is -0.830. The molecule has 174 valence electrons. The maximum absolute atomic E-state index is 11.3. The fourth-order valence-corrected chi connectivity index (χ4v) is 4.44. The standard InChI is InChI=1S/C25H45O4P/c1-3-4-5-6-7-8-9-10-11-12-13-14-15-16-17-18-21-29-25-20-19-24(22-23(25)2)30(26,27)28/h19-20,22H,3-18,21H2,1-2H3,(H2,26,27,28). The van der Waals surface area contributed by atoms with Crippen LogP contribution in [0.25, 0.3) is 0 Å². The molecule has 0 bridgehead atoms. The van der Waals surface area contributed by atoms with Crippen LogP contribution in [0.5, 0.6) is 5.75 Å². The average Bonchev–Trinajstić information content (AvgIpc) is 2.70. The molecule has 0 spiro atoms. The normalized spacial score (nSPS) is 11.7. The van der Waals surface area contributed by atoms with Crippen LogP contribution in [0.2, 0.25) is 0 Å². The van der Waals surface area contributed by atoms with Gasteiger partial charge in [-0.25, -0.2) is 0 Å². The van der Waals surface area contributed by atoms with Crippen LogP contribution in [0.1, 0.15) is 115 Å². The van der Waals surface area contributed by atoms with Crippen LogP contribution in [-0.2, 0) is 4.57 Å². The van der Waals surface area contributed by atoms with Crippen LogP contribution in [-0.4, -0.2) is 16.4 Å². The first-order valence-electron chi connectivity index (χ1n) is 12.2. The molecule has 1 aromatic carbocycles. The Morgan fingerprint density at radius 3 is 1.57 bits per heavy atom. The van der Waals surface area contributed by atoms with Gasteiger partial charge < -0.3 is 14.5 Å². The third-order valence-electron chi connectivity index (χ3n) is 5.75. The zero-order chi connectivity index (χ0) is 22.1. The number of benzene rings is 1. The lowest BCUT2D eigenvalue weighted by molar-refractivity contribution is 0.302. The molecule has 0 fully saturated rings. The van der Waals surface area contributed by atoms with Gasteiger partial charge in [0.1, 0.15) is 5.75 Å². The molecule has 0 unspecified atom stereocenters. The van der Waals surface area contributed by atoms with E-state index in [1.54, 1.807) is 6.07 Å². The fourth-order valence-electron chi connectivity index (χ4n) is 3.81. The minimum Gasteiger partial charge on any atom is -0.493 e. The second-order valence-corrected chi connectivity index (χ2v) is 10.3.